The summed E-state index contributed by atoms with van der Waals surface area (Å²) in [5.41, 5.74) is 0.845. The fourth-order valence-electron chi connectivity index (χ4n) is 3.73. The van der Waals surface area contributed by atoms with Crippen molar-refractivity contribution in [3.63, 3.8) is 0 Å². The molecule has 2 saturated heterocycles. The van der Waals surface area contributed by atoms with Crippen LogP contribution >= 0.6 is 0 Å². The van der Waals surface area contributed by atoms with Gasteiger partial charge in [0.2, 0.25) is 5.91 Å². The highest BCUT2D eigenvalue weighted by atomic mass is 16.2. The number of nitrogens with zero attached hydrogens (tertiary/aromatic N) is 4. The van der Waals surface area contributed by atoms with Crippen LogP contribution in [0.3, 0.4) is 0 Å². The zero-order valence-corrected chi connectivity index (χ0v) is 14.6. The van der Waals surface area contributed by atoms with Crippen LogP contribution in [0.5, 0.6) is 0 Å². The van der Waals surface area contributed by atoms with Crippen molar-refractivity contribution in [1.82, 2.24) is 14.7 Å². The first-order valence-corrected chi connectivity index (χ1v) is 9.30. The lowest BCUT2D eigenvalue weighted by molar-refractivity contribution is -0.137. The lowest BCUT2D eigenvalue weighted by atomic mass is 9.94. The number of amides is 1. The van der Waals surface area contributed by atoms with Crippen molar-refractivity contribution in [2.75, 3.05) is 31.1 Å². The first kappa shape index (κ1) is 17.0. The van der Waals surface area contributed by atoms with E-state index in [2.05, 4.69) is 14.9 Å². The summed E-state index contributed by atoms with van der Waals surface area (Å²) >= 11 is 0. The molecule has 0 unspecified atom stereocenters. The number of carbonyl (C=O) groups is 1. The van der Waals surface area contributed by atoms with Crippen LogP contribution in [0.4, 0.5) is 5.69 Å². The zero-order chi connectivity index (χ0) is 16.9. The maximum atomic E-state index is 12.6. The number of aromatic nitrogens is 2. The van der Waals surface area contributed by atoms with E-state index in [0.29, 0.717) is 12.5 Å². The van der Waals surface area contributed by atoms with Crippen molar-refractivity contribution in [3.8, 4) is 0 Å². The van der Waals surface area contributed by atoms with Crippen LogP contribution in [0.15, 0.2) is 17.1 Å². The molecule has 0 bridgehead atoms. The Kier molecular flexibility index (Phi) is 5.53. The molecule has 0 N–H and O–H groups in total. The average molecular weight is 332 g/mol. The Labute approximate surface area is 143 Å². The third-order valence-corrected chi connectivity index (χ3v) is 5.17. The van der Waals surface area contributed by atoms with Gasteiger partial charge in [-0.2, -0.15) is 5.10 Å². The molecule has 2 aliphatic heterocycles. The minimum Gasteiger partial charge on any atom is -0.370 e. The number of likely N-dealkylation sites (tertiary alicyclic amines) is 1. The summed E-state index contributed by atoms with van der Waals surface area (Å²) in [5, 5.41) is 4.26. The zero-order valence-electron chi connectivity index (χ0n) is 14.6. The Morgan fingerprint density at radius 3 is 2.50 bits per heavy atom. The number of carbonyl (C=O) groups excluding carboxylic acids is 1. The maximum Gasteiger partial charge on any atom is 0.268 e. The van der Waals surface area contributed by atoms with Crippen molar-refractivity contribution in [1.29, 1.82) is 0 Å². The van der Waals surface area contributed by atoms with Gasteiger partial charge >= 0.3 is 0 Å². The Hall–Kier alpha value is -1.85. The first-order chi connectivity index (χ1) is 11.7. The predicted octanol–water partition coefficient (Wildman–Crippen LogP) is 1.88. The van der Waals surface area contributed by atoms with Crippen LogP contribution in [-0.2, 0) is 11.3 Å². The summed E-state index contributed by atoms with van der Waals surface area (Å²) in [6, 6.07) is 1.68. The molecule has 0 radical (unpaired) electrons. The van der Waals surface area contributed by atoms with E-state index in [4.69, 9.17) is 0 Å². The van der Waals surface area contributed by atoms with Gasteiger partial charge in [-0.3, -0.25) is 9.59 Å². The highest BCUT2D eigenvalue weighted by Gasteiger charge is 2.29. The molecule has 0 aromatic carbocycles. The van der Waals surface area contributed by atoms with Crippen LogP contribution < -0.4 is 10.5 Å². The Balaban J connectivity index is 1.57. The fourth-order valence-corrected chi connectivity index (χ4v) is 3.73. The topological polar surface area (TPSA) is 58.4 Å². The van der Waals surface area contributed by atoms with E-state index in [1.807, 2.05) is 6.92 Å². The number of hydrogen-bond acceptors (Lipinski definition) is 4. The molecule has 1 aromatic heterocycles. The fraction of sp³-hybridized carbons (Fsp3) is 0.722. The van der Waals surface area contributed by atoms with E-state index >= 15 is 0 Å². The Morgan fingerprint density at radius 2 is 1.88 bits per heavy atom. The van der Waals surface area contributed by atoms with Gasteiger partial charge in [0.25, 0.3) is 5.56 Å². The van der Waals surface area contributed by atoms with E-state index < -0.39 is 0 Å². The molecule has 3 rings (SSSR count). The number of rotatable bonds is 4. The first-order valence-electron chi connectivity index (χ1n) is 9.30. The van der Waals surface area contributed by atoms with Crippen molar-refractivity contribution >= 4 is 11.6 Å². The molecule has 0 saturated carbocycles. The molecule has 132 valence electrons. The van der Waals surface area contributed by atoms with Crippen molar-refractivity contribution in [2.45, 2.75) is 52.0 Å². The standard InChI is InChI=1S/C18H28N4O2/c1-2-8-22-17(23)13-16(14-19-22)20-11-6-15(7-12-20)18(24)21-9-4-3-5-10-21/h13-15H,2-12H2,1H3. The second-order valence-corrected chi connectivity index (χ2v) is 6.92. The lowest BCUT2D eigenvalue weighted by Gasteiger charge is -2.36. The third kappa shape index (κ3) is 3.79. The van der Waals surface area contributed by atoms with Crippen LogP contribution in [0.25, 0.3) is 0 Å². The number of anilines is 1. The second-order valence-electron chi connectivity index (χ2n) is 6.92. The van der Waals surface area contributed by atoms with Gasteiger partial charge < -0.3 is 9.80 Å². The van der Waals surface area contributed by atoms with E-state index in [-0.39, 0.29) is 11.5 Å². The third-order valence-electron chi connectivity index (χ3n) is 5.17. The minimum atomic E-state index is -0.0409. The molecule has 6 nitrogen and oxygen atoms in total. The quantitative estimate of drug-likeness (QED) is 0.845. The summed E-state index contributed by atoms with van der Waals surface area (Å²) < 4.78 is 1.51. The highest BCUT2D eigenvalue weighted by molar-refractivity contribution is 5.79. The number of aryl methyl sites for hydroxylation is 1. The van der Waals surface area contributed by atoms with Gasteiger partial charge in [0.05, 0.1) is 11.9 Å². The molecule has 3 heterocycles. The van der Waals surface area contributed by atoms with Crippen molar-refractivity contribution in [3.05, 3.63) is 22.6 Å². The normalized spacial score (nSPS) is 19.5. The molecular weight excluding hydrogens is 304 g/mol. The van der Waals surface area contributed by atoms with Gasteiger partial charge in [0, 0.05) is 44.7 Å². The lowest BCUT2D eigenvalue weighted by Crippen LogP contribution is -2.44. The van der Waals surface area contributed by atoms with Crippen molar-refractivity contribution < 1.29 is 4.79 Å². The maximum absolute atomic E-state index is 12.6. The van der Waals surface area contributed by atoms with Gasteiger partial charge in [0.15, 0.2) is 0 Å². The van der Waals surface area contributed by atoms with E-state index in [9.17, 15) is 9.59 Å². The Bertz CT molecular complexity index is 614. The summed E-state index contributed by atoms with van der Waals surface area (Å²) in [6.07, 6.45) is 7.95. The molecule has 24 heavy (non-hydrogen) atoms. The molecule has 0 atom stereocenters. The van der Waals surface area contributed by atoms with E-state index in [0.717, 1.165) is 64.0 Å². The van der Waals surface area contributed by atoms with Gasteiger partial charge in [0.1, 0.15) is 0 Å². The summed E-state index contributed by atoms with van der Waals surface area (Å²) in [6.45, 7) is 6.20. The van der Waals surface area contributed by atoms with Gasteiger partial charge in [-0.05, 0) is 38.5 Å². The average Bonchev–Trinajstić information content (AvgIpc) is 2.64. The monoisotopic (exact) mass is 332 g/mol. The molecule has 1 aromatic rings. The largest absolute Gasteiger partial charge is 0.370 e. The van der Waals surface area contributed by atoms with Gasteiger partial charge in [-0.15, -0.1) is 0 Å². The van der Waals surface area contributed by atoms with Gasteiger partial charge in [-0.25, -0.2) is 4.68 Å². The van der Waals surface area contributed by atoms with E-state index in [1.54, 1.807) is 12.3 Å². The molecule has 2 aliphatic rings. The van der Waals surface area contributed by atoms with Gasteiger partial charge in [-0.1, -0.05) is 6.92 Å². The molecule has 0 spiro atoms. The van der Waals surface area contributed by atoms with Crippen molar-refractivity contribution in [2.24, 2.45) is 5.92 Å². The summed E-state index contributed by atoms with van der Waals surface area (Å²) in [5.74, 6) is 0.485. The summed E-state index contributed by atoms with van der Waals surface area (Å²) in [4.78, 5) is 28.9. The number of hydrogen-bond donors (Lipinski definition) is 0. The SMILES string of the molecule is CCCn1ncc(N2CCC(C(=O)N3CCCCC3)CC2)cc1=O. The summed E-state index contributed by atoms with van der Waals surface area (Å²) in [7, 11) is 0. The van der Waals surface area contributed by atoms with Crippen LogP contribution in [-0.4, -0.2) is 46.8 Å². The van der Waals surface area contributed by atoms with Crippen LogP contribution in [0.2, 0.25) is 0 Å². The smallest absolute Gasteiger partial charge is 0.268 e. The molecule has 6 heteroatoms. The second kappa shape index (κ2) is 7.81. The molecule has 0 aliphatic carbocycles. The molecule has 2 fully saturated rings. The number of piperidine rings is 2. The molecular formula is C18H28N4O2. The van der Waals surface area contributed by atoms with Crippen LogP contribution in [0, 0.1) is 5.92 Å². The predicted molar refractivity (Wildman–Crippen MR) is 94.2 cm³/mol. The highest BCUT2D eigenvalue weighted by Crippen LogP contribution is 2.24. The minimum absolute atomic E-state index is 0.0409. The van der Waals surface area contributed by atoms with E-state index in [1.165, 1.54) is 11.1 Å². The van der Waals surface area contributed by atoms with Crippen LogP contribution in [0.1, 0.15) is 45.4 Å². The molecule has 1 amide bonds. The Morgan fingerprint density at radius 1 is 1.17 bits per heavy atom.